The van der Waals surface area contributed by atoms with Crippen molar-refractivity contribution in [2.24, 2.45) is 0 Å². The van der Waals surface area contributed by atoms with Crippen LogP contribution in [0.4, 0.5) is 13.2 Å². The lowest BCUT2D eigenvalue weighted by Gasteiger charge is -2.10. The van der Waals surface area contributed by atoms with Crippen molar-refractivity contribution in [1.29, 1.82) is 5.26 Å². The summed E-state index contributed by atoms with van der Waals surface area (Å²) in [5.41, 5.74) is 3.11. The number of rotatable bonds is 3. The summed E-state index contributed by atoms with van der Waals surface area (Å²) >= 11 is 0. The van der Waals surface area contributed by atoms with Gasteiger partial charge in [0, 0.05) is 10.9 Å². The molecule has 0 aliphatic heterocycles. The number of hydrogen-bond acceptors (Lipinski definition) is 1. The van der Waals surface area contributed by atoms with Gasteiger partial charge in [-0.15, -0.1) is 0 Å². The number of nitrogens with zero attached hydrogens (tertiary/aromatic N) is 1. The Hall–Kier alpha value is -3.58. The van der Waals surface area contributed by atoms with Crippen molar-refractivity contribution in [1.82, 2.24) is 0 Å². The Morgan fingerprint density at radius 1 is 0.759 bits per heavy atom. The molecule has 0 saturated heterocycles. The second kappa shape index (κ2) is 7.44. The minimum atomic E-state index is -0.930. The monoisotopic (exact) mass is 387 g/mol. The summed E-state index contributed by atoms with van der Waals surface area (Å²) < 4.78 is 43.1. The minimum Gasteiger partial charge on any atom is -0.206 e. The molecule has 4 heteroatoms. The molecule has 0 radical (unpaired) electrons. The Balaban J connectivity index is 1.76. The topological polar surface area (TPSA) is 23.8 Å². The van der Waals surface area contributed by atoms with Crippen LogP contribution in [-0.2, 0) is 6.42 Å². The highest BCUT2D eigenvalue weighted by atomic mass is 19.1. The zero-order chi connectivity index (χ0) is 20.5. The number of nitriles is 1. The highest BCUT2D eigenvalue weighted by molar-refractivity contribution is 5.89. The van der Waals surface area contributed by atoms with E-state index in [1.54, 1.807) is 12.1 Å². The summed E-state index contributed by atoms with van der Waals surface area (Å²) in [7, 11) is 0. The first-order valence-corrected chi connectivity index (χ1v) is 9.23. The fourth-order valence-corrected chi connectivity index (χ4v) is 3.46. The molecule has 4 aromatic carbocycles. The summed E-state index contributed by atoms with van der Waals surface area (Å²) in [5, 5.41) is 9.30. The van der Waals surface area contributed by atoms with E-state index >= 15 is 0 Å². The summed E-state index contributed by atoms with van der Waals surface area (Å²) in [5.74, 6) is -2.25. The Morgan fingerprint density at radius 3 is 2.10 bits per heavy atom. The summed E-state index contributed by atoms with van der Waals surface area (Å²) in [6.07, 6.45) is 0.937. The zero-order valence-electron chi connectivity index (χ0n) is 15.6. The smallest absolute Gasteiger partial charge is 0.151 e. The molecule has 1 nitrogen and oxygen atoms in total. The molecule has 142 valence electrons. The van der Waals surface area contributed by atoms with Gasteiger partial charge in [0.15, 0.2) is 5.82 Å². The van der Waals surface area contributed by atoms with E-state index in [-0.39, 0.29) is 10.8 Å². The van der Waals surface area contributed by atoms with Crippen LogP contribution in [0.25, 0.3) is 33.0 Å². The second-order valence-electron chi connectivity index (χ2n) is 6.84. The lowest BCUT2D eigenvalue weighted by molar-refractivity contribution is 0.585. The summed E-state index contributed by atoms with van der Waals surface area (Å²) in [4.78, 5) is 0. The molecule has 29 heavy (non-hydrogen) atoms. The Labute approximate surface area is 166 Å². The van der Waals surface area contributed by atoms with Gasteiger partial charge in [-0.05, 0) is 52.3 Å². The molecule has 0 bridgehead atoms. The van der Waals surface area contributed by atoms with E-state index < -0.39 is 23.0 Å². The van der Waals surface area contributed by atoms with E-state index in [0.717, 1.165) is 23.6 Å². The van der Waals surface area contributed by atoms with Crippen molar-refractivity contribution < 1.29 is 13.2 Å². The van der Waals surface area contributed by atoms with E-state index in [4.69, 9.17) is 5.26 Å². The van der Waals surface area contributed by atoms with Gasteiger partial charge in [-0.1, -0.05) is 55.5 Å². The first kappa shape index (κ1) is 18.8. The second-order valence-corrected chi connectivity index (χ2v) is 6.84. The first-order valence-electron chi connectivity index (χ1n) is 9.23. The van der Waals surface area contributed by atoms with Gasteiger partial charge < -0.3 is 0 Å². The molecule has 4 aromatic rings. The maximum Gasteiger partial charge on any atom is 0.151 e. The molecule has 0 N–H and O–H groups in total. The quantitative estimate of drug-likeness (QED) is 0.370. The summed E-state index contributed by atoms with van der Waals surface area (Å²) in [6.45, 7) is 2.08. The molecule has 0 saturated carbocycles. The molecular weight excluding hydrogens is 371 g/mol. The van der Waals surface area contributed by atoms with Crippen molar-refractivity contribution >= 4 is 10.8 Å². The predicted octanol–water partition coefficient (Wildman–Crippen LogP) is 7.03. The fraction of sp³-hybridized carbons (Fsp3) is 0.0800. The maximum absolute atomic E-state index is 14.9. The number of halogens is 3. The largest absolute Gasteiger partial charge is 0.206 e. The average Bonchev–Trinajstić information content (AvgIpc) is 2.73. The molecule has 0 amide bonds. The van der Waals surface area contributed by atoms with Crippen LogP contribution >= 0.6 is 0 Å². The zero-order valence-corrected chi connectivity index (χ0v) is 15.6. The lowest BCUT2D eigenvalue weighted by atomic mass is 9.96. The van der Waals surface area contributed by atoms with E-state index in [1.807, 2.05) is 30.3 Å². The molecule has 0 aliphatic rings. The van der Waals surface area contributed by atoms with Crippen LogP contribution < -0.4 is 0 Å². The Kier molecular flexibility index (Phi) is 4.82. The molecule has 0 aromatic heterocycles. The number of benzene rings is 4. The molecular formula is C25H16F3N. The summed E-state index contributed by atoms with van der Waals surface area (Å²) in [6, 6.07) is 20.1. The normalized spacial score (nSPS) is 10.9. The molecule has 0 atom stereocenters. The predicted molar refractivity (Wildman–Crippen MR) is 109 cm³/mol. The first-order chi connectivity index (χ1) is 14.0. The van der Waals surface area contributed by atoms with Crippen LogP contribution in [0.1, 0.15) is 18.1 Å². The molecule has 4 rings (SSSR count). The van der Waals surface area contributed by atoms with Crippen LogP contribution in [-0.4, -0.2) is 0 Å². The third-order valence-electron chi connectivity index (χ3n) is 5.12. The van der Waals surface area contributed by atoms with E-state index in [2.05, 4.69) is 6.92 Å². The van der Waals surface area contributed by atoms with Crippen molar-refractivity contribution in [2.75, 3.05) is 0 Å². The number of aryl methyl sites for hydroxylation is 1. The van der Waals surface area contributed by atoms with Crippen LogP contribution in [0.15, 0.2) is 66.7 Å². The van der Waals surface area contributed by atoms with Gasteiger partial charge in [0.1, 0.15) is 23.3 Å². The van der Waals surface area contributed by atoms with E-state index in [0.29, 0.717) is 11.1 Å². The minimum absolute atomic E-state index is 0.125. The van der Waals surface area contributed by atoms with Crippen molar-refractivity contribution in [3.63, 3.8) is 0 Å². The van der Waals surface area contributed by atoms with Crippen LogP contribution in [0.5, 0.6) is 0 Å². The van der Waals surface area contributed by atoms with Gasteiger partial charge >= 0.3 is 0 Å². The number of hydrogen-bond donors (Lipinski definition) is 0. The molecule has 0 heterocycles. The van der Waals surface area contributed by atoms with Gasteiger partial charge in [0.25, 0.3) is 0 Å². The molecule has 0 spiro atoms. The third kappa shape index (κ3) is 3.36. The van der Waals surface area contributed by atoms with Crippen LogP contribution in [0, 0.1) is 28.8 Å². The van der Waals surface area contributed by atoms with Crippen LogP contribution in [0.3, 0.4) is 0 Å². The van der Waals surface area contributed by atoms with E-state index in [1.165, 1.54) is 29.8 Å². The molecule has 0 unspecified atom stereocenters. The lowest BCUT2D eigenvalue weighted by Crippen LogP contribution is -1.93. The van der Waals surface area contributed by atoms with Crippen molar-refractivity contribution in [3.05, 3.63) is 95.3 Å². The Bertz CT molecular complexity index is 1270. The van der Waals surface area contributed by atoms with Gasteiger partial charge in [-0.25, -0.2) is 13.2 Å². The Morgan fingerprint density at radius 2 is 1.45 bits per heavy atom. The SMILES string of the molecule is CCc1ccc(-c2ccc(-c3ccc4c(F)c(C#N)c(F)cc4c3)c(F)c2)cc1. The number of fused-ring (bicyclic) bond motifs is 1. The third-order valence-corrected chi connectivity index (χ3v) is 5.12. The van der Waals surface area contributed by atoms with Crippen LogP contribution in [0.2, 0.25) is 0 Å². The van der Waals surface area contributed by atoms with Gasteiger partial charge in [-0.2, -0.15) is 5.26 Å². The highest BCUT2D eigenvalue weighted by Gasteiger charge is 2.15. The average molecular weight is 387 g/mol. The van der Waals surface area contributed by atoms with Crippen molar-refractivity contribution in [2.45, 2.75) is 13.3 Å². The maximum atomic E-state index is 14.9. The highest BCUT2D eigenvalue weighted by Crippen LogP contribution is 2.32. The standard InChI is InChI=1S/C25H16F3N/c1-2-15-3-5-16(6-4-15)17-7-9-20(23(26)12-17)18-8-10-21-19(11-18)13-24(27)22(14-29)25(21)28/h3-13H,2H2,1H3. The molecule has 0 fully saturated rings. The van der Waals surface area contributed by atoms with Gasteiger partial charge in [0.2, 0.25) is 0 Å². The fourth-order valence-electron chi connectivity index (χ4n) is 3.46. The van der Waals surface area contributed by atoms with Crippen molar-refractivity contribution in [3.8, 4) is 28.3 Å². The van der Waals surface area contributed by atoms with E-state index in [9.17, 15) is 13.2 Å². The van der Waals surface area contributed by atoms with Gasteiger partial charge in [0.05, 0.1) is 0 Å². The molecule has 0 aliphatic carbocycles. The van der Waals surface area contributed by atoms with Gasteiger partial charge in [-0.3, -0.25) is 0 Å².